The molecular formula is C17H21N5. The lowest BCUT2D eigenvalue weighted by Gasteiger charge is -2.11. The molecule has 0 bridgehead atoms. The van der Waals surface area contributed by atoms with E-state index in [1.807, 2.05) is 31.2 Å². The maximum Gasteiger partial charge on any atom is 0.229 e. The van der Waals surface area contributed by atoms with Crippen molar-refractivity contribution in [3.05, 3.63) is 41.6 Å². The Hall–Kier alpha value is -2.61. The van der Waals surface area contributed by atoms with E-state index in [-0.39, 0.29) is 0 Å². The molecule has 0 saturated heterocycles. The van der Waals surface area contributed by atoms with Gasteiger partial charge in [-0.1, -0.05) is 26.0 Å². The maximum atomic E-state index is 9.13. The highest BCUT2D eigenvalue weighted by Gasteiger charge is 2.06. The minimum atomic E-state index is 0.495. The number of hydrogen-bond acceptors (Lipinski definition) is 5. The van der Waals surface area contributed by atoms with Gasteiger partial charge in [-0.25, -0.2) is 4.98 Å². The highest BCUT2D eigenvalue weighted by molar-refractivity contribution is 5.63. The largest absolute Gasteiger partial charge is 0.370 e. The van der Waals surface area contributed by atoms with Crippen LogP contribution in [-0.2, 0) is 0 Å². The fourth-order valence-electron chi connectivity index (χ4n) is 2.01. The van der Waals surface area contributed by atoms with E-state index in [1.165, 1.54) is 0 Å². The Balaban J connectivity index is 2.14. The SMILES string of the molecule is Cc1cc(NCCC(C)C)nc(Nc2ccccc2C#N)n1. The quantitative estimate of drug-likeness (QED) is 0.846. The number of rotatable bonds is 6. The first kappa shape index (κ1) is 15.8. The van der Waals surface area contributed by atoms with Crippen LogP contribution in [0.4, 0.5) is 17.5 Å². The normalized spacial score (nSPS) is 10.3. The second-order valence-electron chi connectivity index (χ2n) is 5.61. The third kappa shape index (κ3) is 4.45. The topological polar surface area (TPSA) is 73.6 Å². The first-order chi connectivity index (χ1) is 10.6. The summed E-state index contributed by atoms with van der Waals surface area (Å²) in [5.74, 6) is 1.94. The number of para-hydroxylation sites is 1. The van der Waals surface area contributed by atoms with Crippen LogP contribution in [0.3, 0.4) is 0 Å². The third-order valence-electron chi connectivity index (χ3n) is 3.18. The predicted molar refractivity (Wildman–Crippen MR) is 89.2 cm³/mol. The van der Waals surface area contributed by atoms with Crippen LogP contribution in [0, 0.1) is 24.2 Å². The smallest absolute Gasteiger partial charge is 0.229 e. The van der Waals surface area contributed by atoms with Gasteiger partial charge in [0.2, 0.25) is 5.95 Å². The minimum absolute atomic E-state index is 0.495. The molecule has 5 heteroatoms. The van der Waals surface area contributed by atoms with Gasteiger partial charge in [0.25, 0.3) is 0 Å². The summed E-state index contributed by atoms with van der Waals surface area (Å²) in [5.41, 5.74) is 2.16. The first-order valence-electron chi connectivity index (χ1n) is 7.44. The van der Waals surface area contributed by atoms with Crippen LogP contribution in [0.15, 0.2) is 30.3 Å². The molecule has 22 heavy (non-hydrogen) atoms. The Kier molecular flexibility index (Phi) is 5.31. The van der Waals surface area contributed by atoms with Gasteiger partial charge >= 0.3 is 0 Å². The average molecular weight is 295 g/mol. The molecule has 1 heterocycles. The van der Waals surface area contributed by atoms with Gasteiger partial charge in [-0.05, 0) is 31.4 Å². The summed E-state index contributed by atoms with van der Waals surface area (Å²) < 4.78 is 0. The van der Waals surface area contributed by atoms with E-state index in [4.69, 9.17) is 5.26 Å². The van der Waals surface area contributed by atoms with Gasteiger partial charge in [0.05, 0.1) is 11.3 Å². The van der Waals surface area contributed by atoms with Crippen molar-refractivity contribution in [2.24, 2.45) is 5.92 Å². The Morgan fingerprint density at radius 3 is 2.73 bits per heavy atom. The number of hydrogen-bond donors (Lipinski definition) is 2. The molecule has 1 aromatic heterocycles. The van der Waals surface area contributed by atoms with Crippen molar-refractivity contribution in [1.29, 1.82) is 5.26 Å². The molecule has 1 aromatic carbocycles. The van der Waals surface area contributed by atoms with Gasteiger partial charge in [-0.2, -0.15) is 10.2 Å². The number of nitrogens with zero attached hydrogens (tertiary/aromatic N) is 3. The van der Waals surface area contributed by atoms with E-state index < -0.39 is 0 Å². The zero-order valence-corrected chi connectivity index (χ0v) is 13.2. The molecule has 5 nitrogen and oxygen atoms in total. The van der Waals surface area contributed by atoms with Crippen molar-refractivity contribution in [2.75, 3.05) is 17.2 Å². The van der Waals surface area contributed by atoms with Crippen LogP contribution in [-0.4, -0.2) is 16.5 Å². The predicted octanol–water partition coefficient (Wildman–Crippen LogP) is 3.86. The summed E-state index contributed by atoms with van der Waals surface area (Å²) in [5, 5.41) is 15.6. The Labute approximate surface area is 131 Å². The zero-order chi connectivity index (χ0) is 15.9. The van der Waals surface area contributed by atoms with Crippen molar-refractivity contribution in [3.8, 4) is 6.07 Å². The van der Waals surface area contributed by atoms with Crippen molar-refractivity contribution < 1.29 is 0 Å². The molecule has 0 aliphatic carbocycles. The van der Waals surface area contributed by atoms with Crippen LogP contribution in [0.1, 0.15) is 31.5 Å². The molecule has 0 saturated carbocycles. The molecule has 0 radical (unpaired) electrons. The van der Waals surface area contributed by atoms with E-state index >= 15 is 0 Å². The van der Waals surface area contributed by atoms with Gasteiger partial charge in [-0.3, -0.25) is 0 Å². The van der Waals surface area contributed by atoms with Crippen molar-refractivity contribution >= 4 is 17.5 Å². The lowest BCUT2D eigenvalue weighted by atomic mass is 10.1. The summed E-state index contributed by atoms with van der Waals surface area (Å²) in [4.78, 5) is 8.83. The van der Waals surface area contributed by atoms with E-state index in [1.54, 1.807) is 6.07 Å². The van der Waals surface area contributed by atoms with E-state index in [2.05, 4.69) is 40.5 Å². The van der Waals surface area contributed by atoms with Gasteiger partial charge < -0.3 is 10.6 Å². The minimum Gasteiger partial charge on any atom is -0.370 e. The molecule has 0 spiro atoms. The molecule has 2 aromatic rings. The van der Waals surface area contributed by atoms with Crippen LogP contribution < -0.4 is 10.6 Å². The zero-order valence-electron chi connectivity index (χ0n) is 13.2. The standard InChI is InChI=1S/C17H21N5/c1-12(2)8-9-19-16-10-13(3)20-17(22-16)21-15-7-5-4-6-14(15)11-18/h4-7,10,12H,8-9H2,1-3H3,(H2,19,20,21,22). The molecule has 0 aliphatic heterocycles. The fraction of sp³-hybridized carbons (Fsp3) is 0.353. The molecule has 2 N–H and O–H groups in total. The molecule has 2 rings (SSSR count). The van der Waals surface area contributed by atoms with Gasteiger partial charge in [-0.15, -0.1) is 0 Å². The number of nitriles is 1. The third-order valence-corrected chi connectivity index (χ3v) is 3.18. The van der Waals surface area contributed by atoms with Gasteiger partial charge in [0, 0.05) is 18.3 Å². The van der Waals surface area contributed by atoms with Gasteiger partial charge in [0.1, 0.15) is 11.9 Å². The van der Waals surface area contributed by atoms with Crippen molar-refractivity contribution in [1.82, 2.24) is 9.97 Å². The number of nitrogens with one attached hydrogen (secondary N) is 2. The molecular weight excluding hydrogens is 274 g/mol. The number of aryl methyl sites for hydroxylation is 1. The lowest BCUT2D eigenvalue weighted by molar-refractivity contribution is 0.606. The van der Waals surface area contributed by atoms with Gasteiger partial charge in [0.15, 0.2) is 0 Å². The molecule has 0 unspecified atom stereocenters. The maximum absolute atomic E-state index is 9.13. The highest BCUT2D eigenvalue weighted by Crippen LogP contribution is 2.19. The number of anilines is 3. The molecule has 0 atom stereocenters. The summed E-state index contributed by atoms with van der Waals surface area (Å²) in [6.45, 7) is 7.19. The lowest BCUT2D eigenvalue weighted by Crippen LogP contribution is -2.08. The van der Waals surface area contributed by atoms with Crippen LogP contribution in [0.2, 0.25) is 0 Å². The second kappa shape index (κ2) is 7.41. The van der Waals surface area contributed by atoms with Crippen LogP contribution >= 0.6 is 0 Å². The molecule has 0 fully saturated rings. The second-order valence-corrected chi connectivity index (χ2v) is 5.61. The summed E-state index contributed by atoms with van der Waals surface area (Å²) in [6.07, 6.45) is 1.09. The summed E-state index contributed by atoms with van der Waals surface area (Å²) in [7, 11) is 0. The average Bonchev–Trinajstić information content (AvgIpc) is 2.47. The highest BCUT2D eigenvalue weighted by atomic mass is 15.1. The Morgan fingerprint density at radius 2 is 2.00 bits per heavy atom. The fourth-order valence-corrected chi connectivity index (χ4v) is 2.01. The Bertz CT molecular complexity index is 673. The van der Waals surface area contributed by atoms with Crippen molar-refractivity contribution in [2.45, 2.75) is 27.2 Å². The summed E-state index contributed by atoms with van der Waals surface area (Å²) >= 11 is 0. The molecule has 0 aliphatic rings. The monoisotopic (exact) mass is 295 g/mol. The van der Waals surface area contributed by atoms with Crippen LogP contribution in [0.5, 0.6) is 0 Å². The van der Waals surface area contributed by atoms with E-state index in [9.17, 15) is 0 Å². The molecule has 0 amide bonds. The van der Waals surface area contributed by atoms with Crippen LogP contribution in [0.25, 0.3) is 0 Å². The number of benzene rings is 1. The summed E-state index contributed by atoms with van der Waals surface area (Å²) in [6, 6.07) is 11.4. The Morgan fingerprint density at radius 1 is 1.23 bits per heavy atom. The molecule has 114 valence electrons. The van der Waals surface area contributed by atoms with Crippen molar-refractivity contribution in [3.63, 3.8) is 0 Å². The first-order valence-corrected chi connectivity index (χ1v) is 7.44. The van der Waals surface area contributed by atoms with E-state index in [0.717, 1.165) is 24.5 Å². The van der Waals surface area contributed by atoms with E-state index in [0.29, 0.717) is 23.1 Å². The number of aromatic nitrogens is 2.